The van der Waals surface area contributed by atoms with Gasteiger partial charge in [-0.05, 0) is 54.4 Å². The maximum absolute atomic E-state index is 12.6. The number of amides is 1. The Hall–Kier alpha value is -3.12. The predicted molar refractivity (Wildman–Crippen MR) is 126 cm³/mol. The van der Waals surface area contributed by atoms with E-state index in [4.69, 9.17) is 9.72 Å². The van der Waals surface area contributed by atoms with Gasteiger partial charge in [0, 0.05) is 10.0 Å². The van der Waals surface area contributed by atoms with Crippen LogP contribution in [-0.4, -0.2) is 22.1 Å². The number of benzene rings is 3. The van der Waals surface area contributed by atoms with Crippen LogP contribution in [0.4, 0.5) is 0 Å². The third kappa shape index (κ3) is 5.14. The fourth-order valence-corrected chi connectivity index (χ4v) is 3.88. The van der Waals surface area contributed by atoms with Crippen molar-refractivity contribution < 1.29 is 9.53 Å². The molecular formula is C25H24BrN3O2. The number of nitrogens with zero attached hydrogens (tertiary/aromatic N) is 2. The molecule has 4 rings (SSSR count). The van der Waals surface area contributed by atoms with Gasteiger partial charge in [0.05, 0.1) is 24.1 Å². The Bertz CT molecular complexity index is 1190. The fraction of sp³-hybridized carbons (Fsp3) is 0.200. The second-order valence-corrected chi connectivity index (χ2v) is 8.12. The molecule has 3 aromatic carbocycles. The molecule has 0 spiro atoms. The van der Waals surface area contributed by atoms with Crippen molar-refractivity contribution >= 4 is 32.9 Å². The summed E-state index contributed by atoms with van der Waals surface area (Å²) in [4.78, 5) is 17.3. The second kappa shape index (κ2) is 9.79. The standard InChI is InChI=1S/C25H24BrN3O2/c1-2-18-10-12-21(13-11-18)31-15-14-29-23-9-4-3-8-22(23)28-24(29)17-27-25(30)19-6-5-7-20(26)16-19/h3-13,16H,2,14-15,17H2,1H3,(H,27,30). The van der Waals surface area contributed by atoms with Gasteiger partial charge in [0.15, 0.2) is 0 Å². The summed E-state index contributed by atoms with van der Waals surface area (Å²) in [7, 11) is 0. The molecule has 1 N–H and O–H groups in total. The van der Waals surface area contributed by atoms with Crippen LogP contribution in [0.1, 0.15) is 28.7 Å². The molecule has 4 aromatic rings. The van der Waals surface area contributed by atoms with Gasteiger partial charge in [-0.3, -0.25) is 4.79 Å². The smallest absolute Gasteiger partial charge is 0.251 e. The summed E-state index contributed by atoms with van der Waals surface area (Å²) < 4.78 is 8.93. The molecule has 0 fully saturated rings. The number of fused-ring (bicyclic) bond motifs is 1. The zero-order valence-corrected chi connectivity index (χ0v) is 18.9. The molecule has 0 aliphatic rings. The Morgan fingerprint density at radius 1 is 1.06 bits per heavy atom. The van der Waals surface area contributed by atoms with E-state index in [0.717, 1.165) is 33.5 Å². The van der Waals surface area contributed by atoms with Crippen molar-refractivity contribution in [3.63, 3.8) is 0 Å². The van der Waals surface area contributed by atoms with E-state index in [-0.39, 0.29) is 5.91 Å². The molecule has 0 radical (unpaired) electrons. The monoisotopic (exact) mass is 477 g/mol. The molecule has 0 aliphatic heterocycles. The Kier molecular flexibility index (Phi) is 6.67. The van der Waals surface area contributed by atoms with E-state index in [1.165, 1.54) is 5.56 Å². The lowest BCUT2D eigenvalue weighted by atomic mass is 10.2. The van der Waals surface area contributed by atoms with Crippen molar-refractivity contribution in [2.24, 2.45) is 0 Å². The van der Waals surface area contributed by atoms with E-state index in [0.29, 0.717) is 25.3 Å². The lowest BCUT2D eigenvalue weighted by Crippen LogP contribution is -2.25. The first-order valence-electron chi connectivity index (χ1n) is 10.3. The van der Waals surface area contributed by atoms with Crippen LogP contribution in [-0.2, 0) is 19.5 Å². The van der Waals surface area contributed by atoms with Crippen LogP contribution >= 0.6 is 15.9 Å². The first-order valence-corrected chi connectivity index (χ1v) is 11.1. The fourth-order valence-electron chi connectivity index (χ4n) is 3.48. The molecule has 0 atom stereocenters. The maximum Gasteiger partial charge on any atom is 0.251 e. The maximum atomic E-state index is 12.6. The number of aromatic nitrogens is 2. The number of para-hydroxylation sites is 2. The average molecular weight is 478 g/mol. The number of hydrogen-bond donors (Lipinski definition) is 1. The van der Waals surface area contributed by atoms with Crippen LogP contribution in [0.2, 0.25) is 0 Å². The van der Waals surface area contributed by atoms with Crippen molar-refractivity contribution in [3.05, 3.63) is 94.2 Å². The topological polar surface area (TPSA) is 56.1 Å². The number of halogens is 1. The van der Waals surface area contributed by atoms with E-state index < -0.39 is 0 Å². The number of hydrogen-bond acceptors (Lipinski definition) is 3. The van der Waals surface area contributed by atoms with Crippen LogP contribution in [0, 0.1) is 0 Å². The van der Waals surface area contributed by atoms with Gasteiger partial charge in [0.25, 0.3) is 5.91 Å². The van der Waals surface area contributed by atoms with E-state index in [2.05, 4.69) is 44.9 Å². The number of carbonyl (C=O) groups excluding carboxylic acids is 1. The molecule has 1 heterocycles. The van der Waals surface area contributed by atoms with Crippen molar-refractivity contribution in [2.45, 2.75) is 26.4 Å². The highest BCUT2D eigenvalue weighted by molar-refractivity contribution is 9.10. The van der Waals surface area contributed by atoms with Gasteiger partial charge in [0.2, 0.25) is 0 Å². The molecule has 6 heteroatoms. The van der Waals surface area contributed by atoms with Crippen LogP contribution in [0.3, 0.4) is 0 Å². The van der Waals surface area contributed by atoms with E-state index in [1.807, 2.05) is 48.5 Å². The minimum Gasteiger partial charge on any atom is -0.492 e. The normalized spacial score (nSPS) is 10.9. The molecule has 31 heavy (non-hydrogen) atoms. The summed E-state index contributed by atoms with van der Waals surface area (Å²) in [5.41, 5.74) is 3.83. The van der Waals surface area contributed by atoms with E-state index >= 15 is 0 Å². The number of nitrogens with one attached hydrogen (secondary N) is 1. The van der Waals surface area contributed by atoms with Crippen LogP contribution in [0.15, 0.2) is 77.3 Å². The van der Waals surface area contributed by atoms with Gasteiger partial charge in [-0.2, -0.15) is 0 Å². The number of rotatable bonds is 8. The van der Waals surface area contributed by atoms with Crippen molar-refractivity contribution in [3.8, 4) is 5.75 Å². The average Bonchev–Trinajstić information content (AvgIpc) is 3.15. The first kappa shape index (κ1) is 21.1. The van der Waals surface area contributed by atoms with Crippen LogP contribution in [0.25, 0.3) is 11.0 Å². The molecule has 158 valence electrons. The third-order valence-corrected chi connectivity index (χ3v) is 5.64. The molecule has 0 unspecified atom stereocenters. The predicted octanol–water partition coefficient (Wildman–Crippen LogP) is 5.37. The van der Waals surface area contributed by atoms with Gasteiger partial charge in [-0.1, -0.05) is 53.2 Å². The van der Waals surface area contributed by atoms with Crippen molar-refractivity contribution in [1.29, 1.82) is 0 Å². The number of carbonyl (C=O) groups is 1. The largest absolute Gasteiger partial charge is 0.492 e. The summed E-state index contributed by atoms with van der Waals surface area (Å²) >= 11 is 3.41. The minimum absolute atomic E-state index is 0.132. The van der Waals surface area contributed by atoms with Crippen LogP contribution in [0.5, 0.6) is 5.75 Å². The quantitative estimate of drug-likeness (QED) is 0.371. The number of aryl methyl sites for hydroxylation is 1. The summed E-state index contributed by atoms with van der Waals surface area (Å²) in [6.07, 6.45) is 1.01. The first-order chi connectivity index (χ1) is 15.1. The van der Waals surface area contributed by atoms with Crippen molar-refractivity contribution in [1.82, 2.24) is 14.9 Å². The lowest BCUT2D eigenvalue weighted by molar-refractivity contribution is 0.0949. The highest BCUT2D eigenvalue weighted by Crippen LogP contribution is 2.18. The zero-order chi connectivity index (χ0) is 21.6. The summed E-state index contributed by atoms with van der Waals surface area (Å²) in [6, 6.07) is 23.5. The molecule has 5 nitrogen and oxygen atoms in total. The Balaban J connectivity index is 1.46. The highest BCUT2D eigenvalue weighted by Gasteiger charge is 2.13. The second-order valence-electron chi connectivity index (χ2n) is 7.21. The Labute approximate surface area is 190 Å². The number of ether oxygens (including phenoxy) is 1. The SMILES string of the molecule is CCc1ccc(OCCn2c(CNC(=O)c3cccc(Br)c3)nc3ccccc32)cc1. The van der Waals surface area contributed by atoms with Crippen molar-refractivity contribution in [2.75, 3.05) is 6.61 Å². The zero-order valence-electron chi connectivity index (χ0n) is 17.3. The highest BCUT2D eigenvalue weighted by atomic mass is 79.9. The van der Waals surface area contributed by atoms with Gasteiger partial charge in [-0.15, -0.1) is 0 Å². The van der Waals surface area contributed by atoms with Crippen LogP contribution < -0.4 is 10.1 Å². The van der Waals surface area contributed by atoms with Gasteiger partial charge >= 0.3 is 0 Å². The molecule has 0 aliphatic carbocycles. The summed E-state index contributed by atoms with van der Waals surface area (Å²) in [6.45, 7) is 3.62. The lowest BCUT2D eigenvalue weighted by Gasteiger charge is -2.12. The van der Waals surface area contributed by atoms with Gasteiger partial charge in [-0.25, -0.2) is 4.98 Å². The minimum atomic E-state index is -0.132. The van der Waals surface area contributed by atoms with Gasteiger partial charge < -0.3 is 14.6 Å². The molecule has 0 saturated carbocycles. The summed E-state index contributed by atoms with van der Waals surface area (Å²) in [5.74, 6) is 1.52. The summed E-state index contributed by atoms with van der Waals surface area (Å²) in [5, 5.41) is 2.98. The molecule has 1 amide bonds. The third-order valence-electron chi connectivity index (χ3n) is 5.14. The van der Waals surface area contributed by atoms with Gasteiger partial charge in [0.1, 0.15) is 18.2 Å². The molecule has 1 aromatic heterocycles. The Morgan fingerprint density at radius 3 is 2.65 bits per heavy atom. The molecule has 0 bridgehead atoms. The Morgan fingerprint density at radius 2 is 1.87 bits per heavy atom. The number of imidazole rings is 1. The molecular weight excluding hydrogens is 454 g/mol. The van der Waals surface area contributed by atoms with E-state index in [9.17, 15) is 4.79 Å². The molecule has 0 saturated heterocycles. The van der Waals surface area contributed by atoms with E-state index in [1.54, 1.807) is 12.1 Å².